The molecule has 0 aliphatic carbocycles. The van der Waals surface area contributed by atoms with Gasteiger partial charge in [0.15, 0.2) is 9.84 Å². The monoisotopic (exact) mass is 370 g/mol. The standard InChI is InChI=1S/C20H22N2O3S/c1-4-18(14-7-9-17(10-8-14)26(3,24)25)21-20(23)16-6-5-15-11-12-22(2)19(15)13-16/h5-13,18H,4H2,1-3H3,(H,21,23)/t18-/m0/s1. The van der Waals surface area contributed by atoms with E-state index in [0.717, 1.165) is 16.5 Å². The topological polar surface area (TPSA) is 68.2 Å². The van der Waals surface area contributed by atoms with Crippen molar-refractivity contribution >= 4 is 26.6 Å². The number of carbonyl (C=O) groups is 1. The SMILES string of the molecule is CC[C@H](NC(=O)c1ccc2ccn(C)c2c1)c1ccc(S(C)(=O)=O)cc1. The summed E-state index contributed by atoms with van der Waals surface area (Å²) in [5.74, 6) is -0.146. The Labute approximate surface area is 153 Å². The second-order valence-corrected chi connectivity index (χ2v) is 8.49. The van der Waals surface area contributed by atoms with Crippen LogP contribution in [0.4, 0.5) is 0 Å². The molecule has 0 bridgehead atoms. The van der Waals surface area contributed by atoms with Crippen LogP contribution in [-0.4, -0.2) is 25.1 Å². The van der Waals surface area contributed by atoms with Crippen molar-refractivity contribution in [3.63, 3.8) is 0 Å². The van der Waals surface area contributed by atoms with Crippen LogP contribution in [0.5, 0.6) is 0 Å². The van der Waals surface area contributed by atoms with Crippen LogP contribution in [0, 0.1) is 0 Å². The van der Waals surface area contributed by atoms with Gasteiger partial charge in [-0.1, -0.05) is 25.1 Å². The van der Waals surface area contributed by atoms with Gasteiger partial charge in [0.1, 0.15) is 0 Å². The summed E-state index contributed by atoms with van der Waals surface area (Å²) in [5, 5.41) is 4.13. The summed E-state index contributed by atoms with van der Waals surface area (Å²) in [6.07, 6.45) is 3.85. The number of amides is 1. The third kappa shape index (κ3) is 3.65. The van der Waals surface area contributed by atoms with Gasteiger partial charge in [-0.15, -0.1) is 0 Å². The zero-order valence-corrected chi connectivity index (χ0v) is 15.9. The number of benzene rings is 2. The van der Waals surface area contributed by atoms with E-state index in [1.165, 1.54) is 6.26 Å². The van der Waals surface area contributed by atoms with Crippen molar-refractivity contribution in [2.45, 2.75) is 24.3 Å². The molecule has 1 aromatic heterocycles. The summed E-state index contributed by atoms with van der Waals surface area (Å²) in [6, 6.07) is 14.1. The Kier molecular flexibility index (Phi) is 4.87. The third-order valence-electron chi connectivity index (χ3n) is 4.57. The lowest BCUT2D eigenvalue weighted by molar-refractivity contribution is 0.0935. The molecule has 0 saturated heterocycles. The molecule has 5 nitrogen and oxygen atoms in total. The lowest BCUT2D eigenvalue weighted by Gasteiger charge is -2.18. The van der Waals surface area contributed by atoms with Crippen molar-refractivity contribution in [1.29, 1.82) is 0 Å². The van der Waals surface area contributed by atoms with Crippen molar-refractivity contribution in [3.8, 4) is 0 Å². The summed E-state index contributed by atoms with van der Waals surface area (Å²) in [5.41, 5.74) is 2.49. The lowest BCUT2D eigenvalue weighted by Crippen LogP contribution is -2.28. The quantitative estimate of drug-likeness (QED) is 0.748. The van der Waals surface area contributed by atoms with E-state index in [9.17, 15) is 13.2 Å². The molecular weight excluding hydrogens is 348 g/mol. The summed E-state index contributed by atoms with van der Waals surface area (Å²) < 4.78 is 25.2. The average molecular weight is 370 g/mol. The Morgan fingerprint density at radius 3 is 2.42 bits per heavy atom. The smallest absolute Gasteiger partial charge is 0.251 e. The zero-order valence-electron chi connectivity index (χ0n) is 15.1. The molecule has 1 heterocycles. The van der Waals surface area contributed by atoms with Crippen molar-refractivity contribution in [2.24, 2.45) is 7.05 Å². The van der Waals surface area contributed by atoms with Crippen LogP contribution < -0.4 is 5.32 Å². The molecule has 2 aromatic carbocycles. The minimum absolute atomic E-state index is 0.146. The average Bonchev–Trinajstić information content (AvgIpc) is 2.99. The highest BCUT2D eigenvalue weighted by molar-refractivity contribution is 7.90. The molecule has 26 heavy (non-hydrogen) atoms. The van der Waals surface area contributed by atoms with E-state index < -0.39 is 9.84 Å². The largest absolute Gasteiger partial charge is 0.351 e. The van der Waals surface area contributed by atoms with E-state index in [-0.39, 0.29) is 16.8 Å². The maximum Gasteiger partial charge on any atom is 0.251 e. The van der Waals surface area contributed by atoms with E-state index in [1.54, 1.807) is 24.3 Å². The van der Waals surface area contributed by atoms with Crippen molar-refractivity contribution in [2.75, 3.05) is 6.26 Å². The van der Waals surface area contributed by atoms with Gasteiger partial charge in [0.05, 0.1) is 10.9 Å². The van der Waals surface area contributed by atoms with E-state index >= 15 is 0 Å². The molecule has 3 rings (SSSR count). The van der Waals surface area contributed by atoms with Crippen LogP contribution in [0.3, 0.4) is 0 Å². The van der Waals surface area contributed by atoms with Gasteiger partial charge in [-0.2, -0.15) is 0 Å². The number of rotatable bonds is 5. The first-order chi connectivity index (χ1) is 12.3. The Balaban J connectivity index is 1.82. The van der Waals surface area contributed by atoms with Crippen molar-refractivity contribution < 1.29 is 13.2 Å². The first-order valence-corrected chi connectivity index (χ1v) is 10.3. The van der Waals surface area contributed by atoms with Crippen LogP contribution in [0.15, 0.2) is 59.6 Å². The fraction of sp³-hybridized carbons (Fsp3) is 0.250. The highest BCUT2D eigenvalue weighted by atomic mass is 32.2. The Morgan fingerprint density at radius 1 is 1.12 bits per heavy atom. The first-order valence-electron chi connectivity index (χ1n) is 8.45. The number of fused-ring (bicyclic) bond motifs is 1. The summed E-state index contributed by atoms with van der Waals surface area (Å²) >= 11 is 0. The number of aromatic nitrogens is 1. The fourth-order valence-corrected chi connectivity index (χ4v) is 3.64. The number of carbonyl (C=O) groups excluding carboxylic acids is 1. The normalized spacial score (nSPS) is 12.9. The number of hydrogen-bond acceptors (Lipinski definition) is 3. The second kappa shape index (κ2) is 6.96. The van der Waals surface area contributed by atoms with Gasteiger partial charge in [0.2, 0.25) is 0 Å². The molecule has 0 saturated carbocycles. The molecule has 0 spiro atoms. The number of hydrogen-bond donors (Lipinski definition) is 1. The van der Waals surface area contributed by atoms with E-state index in [2.05, 4.69) is 5.32 Å². The molecule has 0 radical (unpaired) electrons. The van der Waals surface area contributed by atoms with Gasteiger partial charge in [-0.25, -0.2) is 8.42 Å². The van der Waals surface area contributed by atoms with Crippen LogP contribution >= 0.6 is 0 Å². The maximum atomic E-state index is 12.7. The van der Waals surface area contributed by atoms with Crippen molar-refractivity contribution in [1.82, 2.24) is 9.88 Å². The van der Waals surface area contributed by atoms with E-state index in [4.69, 9.17) is 0 Å². The first kappa shape index (κ1) is 18.2. The van der Waals surface area contributed by atoms with Crippen LogP contribution in [0.25, 0.3) is 10.9 Å². The Morgan fingerprint density at radius 2 is 1.81 bits per heavy atom. The van der Waals surface area contributed by atoms with E-state index in [1.807, 2.05) is 49.0 Å². The zero-order chi connectivity index (χ0) is 18.9. The summed E-state index contributed by atoms with van der Waals surface area (Å²) in [4.78, 5) is 12.9. The van der Waals surface area contributed by atoms with Crippen LogP contribution in [-0.2, 0) is 16.9 Å². The van der Waals surface area contributed by atoms with Crippen LogP contribution in [0.2, 0.25) is 0 Å². The molecule has 0 aliphatic heterocycles. The molecule has 1 amide bonds. The van der Waals surface area contributed by atoms with Gasteiger partial charge in [0, 0.05) is 30.6 Å². The Bertz CT molecular complexity index is 1050. The molecule has 3 aromatic rings. The predicted molar refractivity (Wildman–Crippen MR) is 103 cm³/mol. The number of sulfone groups is 1. The molecule has 0 unspecified atom stereocenters. The molecular formula is C20H22N2O3S. The predicted octanol–water partition coefficient (Wildman–Crippen LogP) is 3.46. The molecule has 0 fully saturated rings. The van der Waals surface area contributed by atoms with E-state index in [0.29, 0.717) is 12.0 Å². The lowest BCUT2D eigenvalue weighted by atomic mass is 10.0. The van der Waals surface area contributed by atoms with Gasteiger partial charge in [-0.05, 0) is 47.7 Å². The number of nitrogens with one attached hydrogen (secondary N) is 1. The van der Waals surface area contributed by atoms with Gasteiger partial charge >= 0.3 is 0 Å². The maximum absolute atomic E-state index is 12.7. The number of nitrogens with zero attached hydrogens (tertiary/aromatic N) is 1. The minimum Gasteiger partial charge on any atom is -0.351 e. The second-order valence-electron chi connectivity index (χ2n) is 6.48. The Hall–Kier alpha value is -2.60. The fourth-order valence-electron chi connectivity index (χ4n) is 3.01. The highest BCUT2D eigenvalue weighted by Crippen LogP contribution is 2.21. The summed E-state index contributed by atoms with van der Waals surface area (Å²) in [6.45, 7) is 1.98. The van der Waals surface area contributed by atoms with Gasteiger partial charge in [-0.3, -0.25) is 4.79 Å². The minimum atomic E-state index is -3.23. The molecule has 0 aliphatic rings. The van der Waals surface area contributed by atoms with Crippen LogP contribution in [0.1, 0.15) is 35.3 Å². The van der Waals surface area contributed by atoms with Gasteiger partial charge in [0.25, 0.3) is 5.91 Å². The third-order valence-corrected chi connectivity index (χ3v) is 5.70. The highest BCUT2D eigenvalue weighted by Gasteiger charge is 2.16. The summed E-state index contributed by atoms with van der Waals surface area (Å²) in [7, 11) is -1.28. The van der Waals surface area contributed by atoms with Gasteiger partial charge < -0.3 is 9.88 Å². The molecule has 136 valence electrons. The molecule has 1 atom stereocenters. The van der Waals surface area contributed by atoms with Crippen molar-refractivity contribution in [3.05, 3.63) is 65.9 Å². The molecule has 6 heteroatoms. The number of aryl methyl sites for hydroxylation is 1. The molecule has 1 N–H and O–H groups in total.